The summed E-state index contributed by atoms with van der Waals surface area (Å²) >= 11 is 3.44. The van der Waals surface area contributed by atoms with Crippen molar-refractivity contribution in [2.24, 2.45) is 0 Å². The molecule has 2 rings (SSSR count). The van der Waals surface area contributed by atoms with E-state index in [1.165, 1.54) is 13.2 Å². The van der Waals surface area contributed by atoms with Crippen LogP contribution in [0, 0.1) is 12.7 Å². The highest BCUT2D eigenvalue weighted by Gasteiger charge is 2.15. The Labute approximate surface area is 130 Å². The number of nitrogen functional groups attached to an aromatic ring is 1. The van der Waals surface area contributed by atoms with Crippen LogP contribution in [0.15, 0.2) is 34.8 Å². The van der Waals surface area contributed by atoms with E-state index >= 15 is 0 Å². The van der Waals surface area contributed by atoms with Crippen LogP contribution in [0.25, 0.3) is 0 Å². The maximum absolute atomic E-state index is 14.0. The Bertz CT molecular complexity index is 704. The summed E-state index contributed by atoms with van der Waals surface area (Å²) < 4.78 is 19.5. The van der Waals surface area contributed by atoms with Crippen LogP contribution in [0.4, 0.5) is 21.5 Å². The van der Waals surface area contributed by atoms with Gasteiger partial charge in [-0.3, -0.25) is 0 Å². The Morgan fingerprint density at radius 1 is 1.33 bits per heavy atom. The van der Waals surface area contributed by atoms with Gasteiger partial charge in [-0.15, -0.1) is 0 Å². The van der Waals surface area contributed by atoms with Crippen LogP contribution < -0.4 is 11.1 Å². The Kier molecular flexibility index (Phi) is 4.47. The summed E-state index contributed by atoms with van der Waals surface area (Å²) in [6.45, 7) is 1.93. The Hall–Kier alpha value is -2.08. The van der Waals surface area contributed by atoms with E-state index in [-0.39, 0.29) is 16.9 Å². The lowest BCUT2D eigenvalue weighted by molar-refractivity contribution is 0.0602. The van der Waals surface area contributed by atoms with Crippen LogP contribution in [0.5, 0.6) is 0 Å². The Morgan fingerprint density at radius 2 is 2.05 bits per heavy atom. The highest BCUT2D eigenvalue weighted by molar-refractivity contribution is 9.10. The average Bonchev–Trinajstić information content (AvgIpc) is 2.45. The topological polar surface area (TPSA) is 64.3 Å². The van der Waals surface area contributed by atoms with Gasteiger partial charge in [0, 0.05) is 10.2 Å². The fourth-order valence-electron chi connectivity index (χ4n) is 1.86. The van der Waals surface area contributed by atoms with Gasteiger partial charge in [0.05, 0.1) is 24.0 Å². The molecule has 4 nitrogen and oxygen atoms in total. The van der Waals surface area contributed by atoms with Crippen LogP contribution in [0.3, 0.4) is 0 Å². The van der Waals surface area contributed by atoms with Gasteiger partial charge in [0.1, 0.15) is 5.82 Å². The van der Waals surface area contributed by atoms with Gasteiger partial charge in [-0.1, -0.05) is 12.1 Å². The van der Waals surface area contributed by atoms with Crippen LogP contribution in [-0.4, -0.2) is 13.1 Å². The second kappa shape index (κ2) is 6.13. The summed E-state index contributed by atoms with van der Waals surface area (Å²) in [5, 5.41) is 2.94. The molecule has 0 unspecified atom stereocenters. The first-order valence-electron chi connectivity index (χ1n) is 6.13. The van der Waals surface area contributed by atoms with Gasteiger partial charge in [-0.05, 0) is 46.6 Å². The van der Waals surface area contributed by atoms with Crippen LogP contribution >= 0.6 is 15.9 Å². The third kappa shape index (κ3) is 3.16. The van der Waals surface area contributed by atoms with Gasteiger partial charge < -0.3 is 15.8 Å². The normalized spacial score (nSPS) is 10.3. The number of nitrogens with one attached hydrogen (secondary N) is 1. The SMILES string of the molecule is COC(=O)c1cc(Nc2cccc(C)c2Br)c(F)cc1N. The molecule has 6 heteroatoms. The minimum absolute atomic E-state index is 0.0354. The zero-order chi connectivity index (χ0) is 15.6. The lowest BCUT2D eigenvalue weighted by Gasteiger charge is -2.13. The summed E-state index contributed by atoms with van der Waals surface area (Å²) in [4.78, 5) is 11.6. The summed E-state index contributed by atoms with van der Waals surface area (Å²) in [6, 6.07) is 8.00. The smallest absolute Gasteiger partial charge is 0.340 e. The lowest BCUT2D eigenvalue weighted by atomic mass is 10.1. The number of halogens is 2. The monoisotopic (exact) mass is 352 g/mol. The number of methoxy groups -OCH3 is 1. The second-order valence-electron chi connectivity index (χ2n) is 4.47. The molecule has 0 amide bonds. The highest BCUT2D eigenvalue weighted by atomic mass is 79.9. The van der Waals surface area contributed by atoms with Gasteiger partial charge in [0.25, 0.3) is 0 Å². The fourth-order valence-corrected chi connectivity index (χ4v) is 2.22. The van der Waals surface area contributed by atoms with E-state index in [0.717, 1.165) is 16.1 Å². The summed E-state index contributed by atoms with van der Waals surface area (Å²) in [7, 11) is 1.25. The third-order valence-electron chi connectivity index (χ3n) is 3.01. The van der Waals surface area contributed by atoms with Gasteiger partial charge >= 0.3 is 5.97 Å². The van der Waals surface area contributed by atoms with Gasteiger partial charge in [0.2, 0.25) is 0 Å². The minimum atomic E-state index is -0.612. The molecule has 0 aliphatic carbocycles. The maximum Gasteiger partial charge on any atom is 0.340 e. The molecule has 0 spiro atoms. The average molecular weight is 353 g/mol. The van der Waals surface area contributed by atoms with Crippen molar-refractivity contribution in [3.63, 3.8) is 0 Å². The van der Waals surface area contributed by atoms with Crippen molar-refractivity contribution in [3.05, 3.63) is 51.7 Å². The third-order valence-corrected chi connectivity index (χ3v) is 4.06. The van der Waals surface area contributed by atoms with Gasteiger partial charge in [0.15, 0.2) is 0 Å². The van der Waals surface area contributed by atoms with Gasteiger partial charge in [-0.25, -0.2) is 9.18 Å². The molecule has 110 valence electrons. The zero-order valence-electron chi connectivity index (χ0n) is 11.5. The molecule has 0 heterocycles. The molecule has 0 bridgehead atoms. The molecule has 2 aromatic carbocycles. The van der Waals surface area contributed by atoms with Crippen LogP contribution in [-0.2, 0) is 4.74 Å². The van der Waals surface area contributed by atoms with E-state index in [0.29, 0.717) is 5.69 Å². The number of hydrogen-bond acceptors (Lipinski definition) is 4. The van der Waals surface area contributed by atoms with E-state index < -0.39 is 11.8 Å². The molecule has 0 fully saturated rings. The number of benzene rings is 2. The van der Waals surface area contributed by atoms with E-state index in [2.05, 4.69) is 26.0 Å². The van der Waals surface area contributed by atoms with E-state index in [4.69, 9.17) is 5.73 Å². The first-order valence-corrected chi connectivity index (χ1v) is 6.92. The highest BCUT2D eigenvalue weighted by Crippen LogP contribution is 2.31. The molecule has 0 aliphatic heterocycles. The number of carbonyl (C=O) groups excluding carboxylic acids is 1. The van der Waals surface area contributed by atoms with E-state index in [1.807, 2.05) is 19.1 Å². The number of nitrogens with two attached hydrogens (primary N) is 1. The molecule has 0 aliphatic rings. The predicted octanol–water partition coefficient (Wildman–Crippen LogP) is 4.01. The number of esters is 1. The standard InChI is InChI=1S/C15H14BrFN2O2/c1-8-4-3-5-12(14(8)16)19-13-6-9(15(20)21-2)11(18)7-10(13)17/h3-7,19H,18H2,1-2H3. The van der Waals surface area contributed by atoms with E-state index in [1.54, 1.807) is 6.07 Å². The number of hydrogen-bond donors (Lipinski definition) is 2. The fraction of sp³-hybridized carbons (Fsp3) is 0.133. The second-order valence-corrected chi connectivity index (χ2v) is 5.27. The first kappa shape index (κ1) is 15.3. The van der Waals surface area contributed by atoms with Crippen molar-refractivity contribution in [2.75, 3.05) is 18.2 Å². The quantitative estimate of drug-likeness (QED) is 0.647. The van der Waals surface area contributed by atoms with Crippen molar-refractivity contribution < 1.29 is 13.9 Å². The van der Waals surface area contributed by atoms with Crippen molar-refractivity contribution in [1.82, 2.24) is 0 Å². The molecule has 0 aromatic heterocycles. The predicted molar refractivity (Wildman–Crippen MR) is 84.3 cm³/mol. The molecule has 0 atom stereocenters. The first-order chi connectivity index (χ1) is 9.93. The summed E-state index contributed by atoms with van der Waals surface area (Å²) in [5.41, 5.74) is 7.63. The zero-order valence-corrected chi connectivity index (χ0v) is 13.1. The molecule has 0 saturated carbocycles. The molecule has 2 aromatic rings. The molecule has 0 radical (unpaired) electrons. The van der Waals surface area contributed by atoms with Crippen molar-refractivity contribution in [3.8, 4) is 0 Å². The van der Waals surface area contributed by atoms with Crippen LogP contribution in [0.2, 0.25) is 0 Å². The van der Waals surface area contributed by atoms with Crippen molar-refractivity contribution in [2.45, 2.75) is 6.92 Å². The summed E-state index contributed by atoms with van der Waals surface area (Å²) in [6.07, 6.45) is 0. The molecule has 0 saturated heterocycles. The van der Waals surface area contributed by atoms with E-state index in [9.17, 15) is 9.18 Å². The molecular weight excluding hydrogens is 339 g/mol. The largest absolute Gasteiger partial charge is 0.465 e. The summed E-state index contributed by atoms with van der Waals surface area (Å²) in [5.74, 6) is -1.16. The number of anilines is 3. The number of rotatable bonds is 3. The molecule has 3 N–H and O–H groups in total. The Balaban J connectivity index is 2.44. The molecule has 21 heavy (non-hydrogen) atoms. The Morgan fingerprint density at radius 3 is 2.71 bits per heavy atom. The lowest BCUT2D eigenvalue weighted by Crippen LogP contribution is -2.08. The number of aryl methyl sites for hydroxylation is 1. The van der Waals surface area contributed by atoms with Gasteiger partial charge in [-0.2, -0.15) is 0 Å². The molecular formula is C15H14BrFN2O2. The maximum atomic E-state index is 14.0. The minimum Gasteiger partial charge on any atom is -0.465 e. The number of carbonyl (C=O) groups is 1. The van der Waals surface area contributed by atoms with Crippen molar-refractivity contribution >= 4 is 39.0 Å². The van der Waals surface area contributed by atoms with Crippen molar-refractivity contribution in [1.29, 1.82) is 0 Å². The van der Waals surface area contributed by atoms with Crippen LogP contribution in [0.1, 0.15) is 15.9 Å². The number of ether oxygens (including phenoxy) is 1.